The van der Waals surface area contributed by atoms with Gasteiger partial charge in [0.1, 0.15) is 5.56 Å². The number of benzene rings is 2. The lowest BCUT2D eigenvalue weighted by Gasteiger charge is -2.11. The van der Waals surface area contributed by atoms with Gasteiger partial charge in [-0.05, 0) is 43.3 Å². The summed E-state index contributed by atoms with van der Waals surface area (Å²) in [6, 6.07) is 18.3. The van der Waals surface area contributed by atoms with Crippen LogP contribution in [0.2, 0.25) is 0 Å². The normalized spacial score (nSPS) is 10.7. The summed E-state index contributed by atoms with van der Waals surface area (Å²) in [5, 5.41) is 8.05. The molecule has 0 radical (unpaired) electrons. The number of fused-ring (bicyclic) bond motifs is 1. The van der Waals surface area contributed by atoms with Crippen molar-refractivity contribution in [1.82, 2.24) is 14.8 Å². The number of pyridine rings is 1. The van der Waals surface area contributed by atoms with Crippen molar-refractivity contribution in [2.75, 3.05) is 11.9 Å². The molecule has 1 N–H and O–H groups in total. The zero-order valence-corrected chi connectivity index (χ0v) is 17.6. The van der Waals surface area contributed by atoms with Gasteiger partial charge < -0.3 is 10.1 Å². The predicted octanol–water partition coefficient (Wildman–Crippen LogP) is 4.61. The number of anilines is 1. The first-order chi connectivity index (χ1) is 14.6. The van der Waals surface area contributed by atoms with Crippen molar-refractivity contribution in [3.05, 3.63) is 82.5 Å². The van der Waals surface area contributed by atoms with E-state index >= 15 is 0 Å². The summed E-state index contributed by atoms with van der Waals surface area (Å²) in [5.41, 5.74) is 1.35. The molecule has 0 aliphatic heterocycles. The van der Waals surface area contributed by atoms with Crippen LogP contribution in [0.5, 0.6) is 0 Å². The molecule has 4 aromatic rings. The van der Waals surface area contributed by atoms with Crippen molar-refractivity contribution >= 4 is 44.5 Å². The Kier molecular flexibility index (Phi) is 5.58. The second kappa shape index (κ2) is 8.46. The van der Waals surface area contributed by atoms with E-state index in [2.05, 4.69) is 31.3 Å². The molecule has 1 amide bonds. The number of amides is 1. The highest BCUT2D eigenvalue weighted by Crippen LogP contribution is 2.23. The van der Waals surface area contributed by atoms with E-state index in [-0.39, 0.29) is 23.9 Å². The maximum absolute atomic E-state index is 12.8. The highest BCUT2D eigenvalue weighted by atomic mass is 79.9. The minimum Gasteiger partial charge on any atom is -0.462 e. The highest BCUT2D eigenvalue weighted by molar-refractivity contribution is 9.10. The van der Waals surface area contributed by atoms with E-state index in [1.165, 1.54) is 10.9 Å². The third-order valence-corrected chi connectivity index (χ3v) is 4.88. The number of carbonyl (C=O) groups is 2. The molecule has 0 fully saturated rings. The molecule has 0 atom stereocenters. The third kappa shape index (κ3) is 3.95. The van der Waals surface area contributed by atoms with Crippen molar-refractivity contribution in [1.29, 1.82) is 0 Å². The molecule has 0 saturated carbocycles. The van der Waals surface area contributed by atoms with Gasteiger partial charge in [0.25, 0.3) is 5.91 Å². The molecule has 8 heteroatoms. The highest BCUT2D eigenvalue weighted by Gasteiger charge is 2.22. The maximum atomic E-state index is 12.8. The number of rotatable bonds is 5. The second-order valence-corrected chi connectivity index (χ2v) is 7.28. The molecule has 2 heterocycles. The van der Waals surface area contributed by atoms with Crippen LogP contribution in [0.1, 0.15) is 27.6 Å². The molecule has 0 aliphatic rings. The molecular formula is C22H17BrN4O3. The number of hydrogen-bond acceptors (Lipinski definition) is 5. The van der Waals surface area contributed by atoms with Gasteiger partial charge in [0, 0.05) is 15.4 Å². The summed E-state index contributed by atoms with van der Waals surface area (Å²) in [4.78, 5) is 29.9. The number of nitrogens with one attached hydrogen (secondary N) is 1. The maximum Gasteiger partial charge on any atom is 0.343 e. The Morgan fingerprint density at radius 3 is 2.73 bits per heavy atom. The lowest BCUT2D eigenvalue weighted by Crippen LogP contribution is -2.18. The molecule has 0 unspecified atom stereocenters. The Labute approximate surface area is 180 Å². The van der Waals surface area contributed by atoms with E-state index in [0.29, 0.717) is 11.4 Å². The molecule has 4 rings (SSSR count). The largest absolute Gasteiger partial charge is 0.462 e. The molecule has 7 nitrogen and oxygen atoms in total. The Morgan fingerprint density at radius 1 is 1.10 bits per heavy atom. The molecule has 30 heavy (non-hydrogen) atoms. The van der Waals surface area contributed by atoms with Crippen LogP contribution in [0.3, 0.4) is 0 Å². The van der Waals surface area contributed by atoms with Crippen LogP contribution in [0.4, 0.5) is 5.82 Å². The number of nitrogens with zero attached hydrogens (tertiary/aromatic N) is 3. The molecule has 0 saturated heterocycles. The predicted molar refractivity (Wildman–Crippen MR) is 117 cm³/mol. The lowest BCUT2D eigenvalue weighted by molar-refractivity contribution is 0.0527. The van der Waals surface area contributed by atoms with Crippen molar-refractivity contribution < 1.29 is 14.3 Å². The van der Waals surface area contributed by atoms with Gasteiger partial charge in [-0.1, -0.05) is 40.2 Å². The Hall–Kier alpha value is -3.52. The van der Waals surface area contributed by atoms with E-state index < -0.39 is 5.97 Å². The van der Waals surface area contributed by atoms with Gasteiger partial charge in [-0.25, -0.2) is 9.78 Å². The first-order valence-electron chi connectivity index (χ1n) is 9.25. The molecule has 2 aromatic heterocycles. The van der Waals surface area contributed by atoms with Crippen molar-refractivity contribution in [3.8, 4) is 5.82 Å². The fourth-order valence-electron chi connectivity index (χ4n) is 2.98. The SMILES string of the molecule is CCOC(=O)c1cnn(-c2ccc3ccccc3n2)c1NC(=O)c1cccc(Br)c1. The second-order valence-electron chi connectivity index (χ2n) is 6.37. The van der Waals surface area contributed by atoms with E-state index in [9.17, 15) is 9.59 Å². The number of ether oxygens (including phenoxy) is 1. The molecule has 2 aromatic carbocycles. The fourth-order valence-corrected chi connectivity index (χ4v) is 3.38. The standard InChI is InChI=1S/C22H17BrN4O3/c1-2-30-22(29)17-13-24-27(19-11-10-14-6-3-4-9-18(14)25-19)20(17)26-21(28)15-7-5-8-16(23)12-15/h3-13H,2H2,1H3,(H,26,28). The minimum absolute atomic E-state index is 0.148. The fraction of sp³-hybridized carbons (Fsp3) is 0.0909. The van der Waals surface area contributed by atoms with Crippen LogP contribution < -0.4 is 5.32 Å². The molecule has 0 spiro atoms. The van der Waals surface area contributed by atoms with Gasteiger partial charge in [-0.3, -0.25) is 4.79 Å². The van der Waals surface area contributed by atoms with Crippen LogP contribution in [0.25, 0.3) is 16.7 Å². The van der Waals surface area contributed by atoms with Gasteiger partial charge in [0.2, 0.25) is 0 Å². The van der Waals surface area contributed by atoms with Crippen LogP contribution in [-0.4, -0.2) is 33.2 Å². The van der Waals surface area contributed by atoms with Gasteiger partial charge in [0.05, 0.1) is 18.3 Å². The number of hydrogen-bond donors (Lipinski definition) is 1. The first kappa shape index (κ1) is 19.8. The van der Waals surface area contributed by atoms with E-state index in [1.807, 2.05) is 36.4 Å². The van der Waals surface area contributed by atoms with E-state index in [1.54, 1.807) is 31.2 Å². The third-order valence-electron chi connectivity index (χ3n) is 4.38. The summed E-state index contributed by atoms with van der Waals surface area (Å²) >= 11 is 3.36. The zero-order chi connectivity index (χ0) is 21.1. The van der Waals surface area contributed by atoms with Crippen LogP contribution in [0, 0.1) is 0 Å². The number of para-hydroxylation sites is 1. The average Bonchev–Trinajstić information content (AvgIpc) is 3.17. The Bertz CT molecular complexity index is 1250. The number of esters is 1. The molecule has 0 aliphatic carbocycles. The summed E-state index contributed by atoms with van der Waals surface area (Å²) in [6.45, 7) is 1.92. The number of aromatic nitrogens is 3. The van der Waals surface area contributed by atoms with Gasteiger partial charge >= 0.3 is 5.97 Å². The lowest BCUT2D eigenvalue weighted by atomic mass is 10.2. The van der Waals surface area contributed by atoms with E-state index in [4.69, 9.17) is 4.74 Å². The Morgan fingerprint density at radius 2 is 1.93 bits per heavy atom. The smallest absolute Gasteiger partial charge is 0.343 e. The molecule has 150 valence electrons. The number of carbonyl (C=O) groups excluding carboxylic acids is 2. The summed E-state index contributed by atoms with van der Waals surface area (Å²) in [6.07, 6.45) is 1.37. The van der Waals surface area contributed by atoms with Gasteiger partial charge in [-0.2, -0.15) is 9.78 Å². The van der Waals surface area contributed by atoms with Gasteiger partial charge in [0.15, 0.2) is 11.6 Å². The van der Waals surface area contributed by atoms with Crippen LogP contribution in [0.15, 0.2) is 71.3 Å². The monoisotopic (exact) mass is 464 g/mol. The van der Waals surface area contributed by atoms with Gasteiger partial charge in [-0.15, -0.1) is 0 Å². The summed E-state index contributed by atoms with van der Waals surface area (Å²) in [5.74, 6) is -0.298. The zero-order valence-electron chi connectivity index (χ0n) is 16.0. The van der Waals surface area contributed by atoms with Crippen molar-refractivity contribution in [3.63, 3.8) is 0 Å². The van der Waals surface area contributed by atoms with Crippen molar-refractivity contribution in [2.45, 2.75) is 6.92 Å². The minimum atomic E-state index is -0.575. The topological polar surface area (TPSA) is 86.1 Å². The average molecular weight is 465 g/mol. The van der Waals surface area contributed by atoms with Crippen LogP contribution in [-0.2, 0) is 4.74 Å². The number of halogens is 1. The molecule has 0 bridgehead atoms. The summed E-state index contributed by atoms with van der Waals surface area (Å²) in [7, 11) is 0. The molecular weight excluding hydrogens is 448 g/mol. The Balaban J connectivity index is 1.78. The van der Waals surface area contributed by atoms with Crippen molar-refractivity contribution in [2.24, 2.45) is 0 Å². The first-order valence-corrected chi connectivity index (χ1v) is 10.0. The van der Waals surface area contributed by atoms with E-state index in [0.717, 1.165) is 15.4 Å². The quantitative estimate of drug-likeness (QED) is 0.435. The summed E-state index contributed by atoms with van der Waals surface area (Å²) < 4.78 is 7.32. The van der Waals surface area contributed by atoms with Crippen LogP contribution >= 0.6 is 15.9 Å².